The largest absolute Gasteiger partial charge is 0.348 e. The summed E-state index contributed by atoms with van der Waals surface area (Å²) in [6.07, 6.45) is 0.904. The lowest BCUT2D eigenvalue weighted by Crippen LogP contribution is -2.42. The number of nitrogens with zero attached hydrogens (tertiary/aromatic N) is 2. The third kappa shape index (κ3) is 2.66. The average Bonchev–Trinajstić information content (AvgIpc) is 2.35. The van der Waals surface area contributed by atoms with E-state index in [0.29, 0.717) is 5.71 Å². The first-order valence-electron chi connectivity index (χ1n) is 6.52. The van der Waals surface area contributed by atoms with Crippen LogP contribution < -0.4 is 5.32 Å². The fourth-order valence-electron chi connectivity index (χ4n) is 2.19. The SMILES string of the molecule is CCc1cc(N=C2C(=O)NC(=O)N=C2C)c(C)cc1C. The normalized spacial score (nSPS) is 17.2. The molecule has 1 N–H and O–H groups in total. The van der Waals surface area contributed by atoms with Crippen LogP contribution in [0.15, 0.2) is 22.1 Å². The highest BCUT2D eigenvalue weighted by atomic mass is 16.2. The molecule has 5 heteroatoms. The van der Waals surface area contributed by atoms with Crippen LogP contribution in [0.5, 0.6) is 0 Å². The number of aryl methyl sites for hydroxylation is 3. The van der Waals surface area contributed by atoms with Gasteiger partial charge in [-0.25, -0.2) is 9.79 Å². The number of hydrogen-bond donors (Lipinski definition) is 1. The maximum absolute atomic E-state index is 11.8. The van der Waals surface area contributed by atoms with E-state index in [2.05, 4.69) is 35.2 Å². The zero-order valence-corrected chi connectivity index (χ0v) is 12.1. The lowest BCUT2D eigenvalue weighted by atomic mass is 10.0. The molecule has 1 aliphatic heterocycles. The van der Waals surface area contributed by atoms with Gasteiger partial charge >= 0.3 is 6.03 Å². The highest BCUT2D eigenvalue weighted by Gasteiger charge is 2.23. The van der Waals surface area contributed by atoms with Gasteiger partial charge < -0.3 is 0 Å². The minimum atomic E-state index is -0.638. The molecule has 1 heterocycles. The molecule has 0 saturated carbocycles. The van der Waals surface area contributed by atoms with E-state index in [4.69, 9.17) is 0 Å². The van der Waals surface area contributed by atoms with Crippen molar-refractivity contribution in [2.75, 3.05) is 0 Å². The van der Waals surface area contributed by atoms with Gasteiger partial charge in [0.15, 0.2) is 5.71 Å². The van der Waals surface area contributed by atoms with Crippen LogP contribution in [-0.4, -0.2) is 23.4 Å². The number of nitrogens with one attached hydrogen (secondary N) is 1. The van der Waals surface area contributed by atoms with Gasteiger partial charge in [0.1, 0.15) is 0 Å². The van der Waals surface area contributed by atoms with Crippen molar-refractivity contribution in [2.45, 2.75) is 34.1 Å². The quantitative estimate of drug-likeness (QED) is 0.898. The van der Waals surface area contributed by atoms with Crippen molar-refractivity contribution in [3.8, 4) is 0 Å². The van der Waals surface area contributed by atoms with Crippen LogP contribution in [0.25, 0.3) is 0 Å². The Labute approximate surface area is 117 Å². The van der Waals surface area contributed by atoms with Crippen LogP contribution in [0.3, 0.4) is 0 Å². The first kappa shape index (κ1) is 14.1. The second kappa shape index (κ2) is 5.36. The third-order valence-corrected chi connectivity index (χ3v) is 3.32. The second-order valence-electron chi connectivity index (χ2n) is 4.84. The Bertz CT molecular complexity index is 657. The predicted octanol–water partition coefficient (Wildman–Crippen LogP) is 2.65. The Hall–Kier alpha value is -2.30. The van der Waals surface area contributed by atoms with Crippen molar-refractivity contribution in [1.29, 1.82) is 0 Å². The summed E-state index contributed by atoms with van der Waals surface area (Å²) in [5.41, 5.74) is 4.67. The van der Waals surface area contributed by atoms with Gasteiger partial charge in [0.25, 0.3) is 5.91 Å². The number of carbonyl (C=O) groups excluding carboxylic acids is 2. The topological polar surface area (TPSA) is 70.9 Å². The van der Waals surface area contributed by atoms with Gasteiger partial charge in [-0.05, 0) is 49.9 Å². The van der Waals surface area contributed by atoms with Gasteiger partial charge in [-0.15, -0.1) is 0 Å². The molecule has 2 rings (SSSR count). The van der Waals surface area contributed by atoms with E-state index < -0.39 is 11.9 Å². The molecule has 1 aromatic carbocycles. The van der Waals surface area contributed by atoms with Crippen molar-refractivity contribution >= 4 is 29.0 Å². The highest BCUT2D eigenvalue weighted by Crippen LogP contribution is 2.24. The number of imide groups is 1. The van der Waals surface area contributed by atoms with Crippen LogP contribution in [-0.2, 0) is 11.2 Å². The molecular weight excluding hydrogens is 254 g/mol. The summed E-state index contributed by atoms with van der Waals surface area (Å²) in [5.74, 6) is -0.500. The number of urea groups is 1. The molecule has 0 spiro atoms. The smallest absolute Gasteiger partial charge is 0.271 e. The van der Waals surface area contributed by atoms with Crippen molar-refractivity contribution in [3.63, 3.8) is 0 Å². The summed E-state index contributed by atoms with van der Waals surface area (Å²) in [5, 5.41) is 2.14. The number of amides is 3. The molecule has 1 aromatic rings. The fraction of sp³-hybridized carbons (Fsp3) is 0.333. The fourth-order valence-corrected chi connectivity index (χ4v) is 2.19. The van der Waals surface area contributed by atoms with Crippen LogP contribution in [0.4, 0.5) is 10.5 Å². The molecular formula is C15H17N3O2. The molecule has 0 saturated heterocycles. The molecule has 20 heavy (non-hydrogen) atoms. The summed E-state index contributed by atoms with van der Waals surface area (Å²) in [7, 11) is 0. The Morgan fingerprint density at radius 3 is 2.45 bits per heavy atom. The van der Waals surface area contributed by atoms with Gasteiger partial charge in [0, 0.05) is 0 Å². The van der Waals surface area contributed by atoms with Crippen LogP contribution in [0.1, 0.15) is 30.5 Å². The number of benzene rings is 1. The van der Waals surface area contributed by atoms with E-state index in [0.717, 1.165) is 17.7 Å². The van der Waals surface area contributed by atoms with Crippen LogP contribution in [0, 0.1) is 13.8 Å². The Balaban J connectivity index is 2.52. The zero-order chi connectivity index (χ0) is 14.9. The summed E-state index contributed by atoms with van der Waals surface area (Å²) in [6.45, 7) is 7.69. The summed E-state index contributed by atoms with van der Waals surface area (Å²) in [4.78, 5) is 31.0. The molecule has 0 bridgehead atoms. The van der Waals surface area contributed by atoms with Crippen molar-refractivity contribution in [3.05, 3.63) is 28.8 Å². The van der Waals surface area contributed by atoms with E-state index in [1.54, 1.807) is 6.92 Å². The maximum atomic E-state index is 11.8. The minimum absolute atomic E-state index is 0.193. The van der Waals surface area contributed by atoms with E-state index in [1.807, 2.05) is 13.0 Å². The molecule has 0 radical (unpaired) electrons. The van der Waals surface area contributed by atoms with Gasteiger partial charge in [0.05, 0.1) is 11.4 Å². The standard InChI is InChI=1S/C15H17N3O2/c1-5-11-7-12(9(3)6-8(11)2)17-13-10(4)16-15(20)18-14(13)19/h6-7H,5H2,1-4H3,(H,18,19,20). The highest BCUT2D eigenvalue weighted by molar-refractivity contribution is 6.69. The lowest BCUT2D eigenvalue weighted by molar-refractivity contribution is -0.113. The summed E-state index contributed by atoms with van der Waals surface area (Å²) < 4.78 is 0. The van der Waals surface area contributed by atoms with Crippen molar-refractivity contribution in [1.82, 2.24) is 5.32 Å². The van der Waals surface area contributed by atoms with E-state index in [-0.39, 0.29) is 5.71 Å². The van der Waals surface area contributed by atoms with Gasteiger partial charge in [-0.1, -0.05) is 13.0 Å². The molecule has 0 aliphatic carbocycles. The molecule has 0 unspecified atom stereocenters. The average molecular weight is 271 g/mol. The molecule has 5 nitrogen and oxygen atoms in total. The van der Waals surface area contributed by atoms with Gasteiger partial charge in [0.2, 0.25) is 0 Å². The van der Waals surface area contributed by atoms with Gasteiger partial charge in [-0.2, -0.15) is 4.99 Å². The molecule has 1 aliphatic rings. The molecule has 0 atom stereocenters. The molecule has 0 aromatic heterocycles. The van der Waals surface area contributed by atoms with Crippen LogP contribution in [0.2, 0.25) is 0 Å². The van der Waals surface area contributed by atoms with E-state index in [1.165, 1.54) is 11.1 Å². The first-order valence-corrected chi connectivity index (χ1v) is 6.52. The third-order valence-electron chi connectivity index (χ3n) is 3.32. The number of rotatable bonds is 2. The number of carbonyl (C=O) groups is 2. The maximum Gasteiger partial charge on any atom is 0.348 e. The van der Waals surface area contributed by atoms with E-state index in [9.17, 15) is 9.59 Å². The number of hydrogen-bond acceptors (Lipinski definition) is 3. The second-order valence-corrected chi connectivity index (χ2v) is 4.84. The lowest BCUT2D eigenvalue weighted by Gasteiger charge is -2.13. The molecule has 0 fully saturated rings. The van der Waals surface area contributed by atoms with Crippen LogP contribution >= 0.6 is 0 Å². The van der Waals surface area contributed by atoms with Crippen molar-refractivity contribution < 1.29 is 9.59 Å². The first-order chi connectivity index (χ1) is 9.42. The van der Waals surface area contributed by atoms with Gasteiger partial charge in [-0.3, -0.25) is 10.1 Å². The Morgan fingerprint density at radius 1 is 1.15 bits per heavy atom. The molecule has 3 amide bonds. The zero-order valence-electron chi connectivity index (χ0n) is 12.1. The number of aliphatic imine (C=N–C) groups is 2. The summed E-state index contributed by atoms with van der Waals surface area (Å²) >= 11 is 0. The Kier molecular flexibility index (Phi) is 3.79. The minimum Gasteiger partial charge on any atom is -0.271 e. The summed E-state index contributed by atoms with van der Waals surface area (Å²) in [6, 6.07) is 3.40. The van der Waals surface area contributed by atoms with Crippen molar-refractivity contribution in [2.24, 2.45) is 9.98 Å². The predicted molar refractivity (Wildman–Crippen MR) is 79.0 cm³/mol. The van der Waals surface area contributed by atoms with E-state index >= 15 is 0 Å². The monoisotopic (exact) mass is 271 g/mol. The molecule has 104 valence electrons. The Morgan fingerprint density at radius 2 is 1.85 bits per heavy atom.